The molecule has 2 atom stereocenters. The minimum atomic E-state index is -0.525. The zero-order valence-corrected chi connectivity index (χ0v) is 14.8. The van der Waals surface area contributed by atoms with Crippen molar-refractivity contribution in [2.75, 3.05) is 13.1 Å². The third-order valence-corrected chi connectivity index (χ3v) is 5.52. The molecule has 1 amide bonds. The van der Waals surface area contributed by atoms with Crippen LogP contribution in [0.3, 0.4) is 0 Å². The Morgan fingerprint density at radius 1 is 1.24 bits per heavy atom. The standard InChI is InChI=1S/C20H27FN2O2/c1-14(12-19(24)17-8-4-5-9-18(17)21)20(25)22-15-10-11-23(13-15)16-6-2-3-7-16/h4-5,8-9,14-16H,2-3,6-7,10-13H2,1H3,(H,22,25)/t14-,15-/m0/s1. The summed E-state index contributed by atoms with van der Waals surface area (Å²) < 4.78 is 13.7. The number of halogens is 1. The lowest BCUT2D eigenvalue weighted by Crippen LogP contribution is -2.41. The van der Waals surface area contributed by atoms with Gasteiger partial charge in [-0.15, -0.1) is 0 Å². The van der Waals surface area contributed by atoms with E-state index in [1.54, 1.807) is 19.1 Å². The number of nitrogens with one attached hydrogen (secondary N) is 1. The Morgan fingerprint density at radius 2 is 1.96 bits per heavy atom. The quantitative estimate of drug-likeness (QED) is 0.805. The number of amides is 1. The fourth-order valence-electron chi connectivity index (χ4n) is 4.02. The fraction of sp³-hybridized carbons (Fsp3) is 0.600. The number of likely N-dealkylation sites (tertiary alicyclic amines) is 1. The maximum absolute atomic E-state index is 13.7. The van der Waals surface area contributed by atoms with Crippen LogP contribution in [0.25, 0.3) is 0 Å². The van der Waals surface area contributed by atoms with E-state index in [4.69, 9.17) is 0 Å². The van der Waals surface area contributed by atoms with Gasteiger partial charge in [0.15, 0.2) is 5.78 Å². The van der Waals surface area contributed by atoms with Gasteiger partial charge in [0.1, 0.15) is 5.82 Å². The number of carbonyl (C=O) groups is 2. The van der Waals surface area contributed by atoms with Crippen molar-refractivity contribution >= 4 is 11.7 Å². The Labute approximate surface area is 148 Å². The Balaban J connectivity index is 1.48. The van der Waals surface area contributed by atoms with Crippen molar-refractivity contribution in [1.82, 2.24) is 10.2 Å². The summed E-state index contributed by atoms with van der Waals surface area (Å²) in [5, 5.41) is 3.08. The Hall–Kier alpha value is -1.75. The summed E-state index contributed by atoms with van der Waals surface area (Å²) in [7, 11) is 0. The number of Topliss-reactive ketones (excluding diaryl/α,β-unsaturated/α-hetero) is 1. The number of benzene rings is 1. The van der Waals surface area contributed by atoms with E-state index in [2.05, 4.69) is 10.2 Å². The molecule has 25 heavy (non-hydrogen) atoms. The average molecular weight is 346 g/mol. The van der Waals surface area contributed by atoms with Crippen LogP contribution in [-0.2, 0) is 4.79 Å². The van der Waals surface area contributed by atoms with Crippen LogP contribution in [0, 0.1) is 11.7 Å². The first-order chi connectivity index (χ1) is 12.0. The first-order valence-corrected chi connectivity index (χ1v) is 9.36. The molecule has 2 fully saturated rings. The highest BCUT2D eigenvalue weighted by Crippen LogP contribution is 2.26. The molecule has 4 nitrogen and oxygen atoms in total. The van der Waals surface area contributed by atoms with E-state index < -0.39 is 11.7 Å². The summed E-state index contributed by atoms with van der Waals surface area (Å²) in [6, 6.07) is 6.78. The van der Waals surface area contributed by atoms with Crippen LogP contribution in [0.15, 0.2) is 24.3 Å². The van der Waals surface area contributed by atoms with Crippen molar-refractivity contribution in [2.45, 2.75) is 57.5 Å². The Bertz CT molecular complexity index is 628. The molecule has 1 saturated heterocycles. The highest BCUT2D eigenvalue weighted by Gasteiger charge is 2.31. The van der Waals surface area contributed by atoms with E-state index >= 15 is 0 Å². The fourth-order valence-corrected chi connectivity index (χ4v) is 4.02. The van der Waals surface area contributed by atoms with Crippen LogP contribution in [0.1, 0.15) is 55.8 Å². The van der Waals surface area contributed by atoms with Gasteiger partial charge in [0.05, 0.1) is 5.56 Å². The third kappa shape index (κ3) is 4.46. The summed E-state index contributed by atoms with van der Waals surface area (Å²) in [6.07, 6.45) is 6.17. The van der Waals surface area contributed by atoms with E-state index in [0.29, 0.717) is 6.04 Å². The molecule has 1 saturated carbocycles. The summed E-state index contributed by atoms with van der Waals surface area (Å²) in [5.74, 6) is -1.40. The highest BCUT2D eigenvalue weighted by molar-refractivity contribution is 5.98. The lowest BCUT2D eigenvalue weighted by atomic mass is 9.98. The Morgan fingerprint density at radius 3 is 2.68 bits per heavy atom. The van der Waals surface area contributed by atoms with Crippen molar-refractivity contribution in [3.05, 3.63) is 35.6 Å². The maximum atomic E-state index is 13.7. The van der Waals surface area contributed by atoms with Crippen LogP contribution in [-0.4, -0.2) is 41.8 Å². The van der Waals surface area contributed by atoms with Gasteiger partial charge in [0.2, 0.25) is 5.91 Å². The molecule has 0 aromatic heterocycles. The molecular formula is C20H27FN2O2. The highest BCUT2D eigenvalue weighted by atomic mass is 19.1. The van der Waals surface area contributed by atoms with Crippen molar-refractivity contribution < 1.29 is 14.0 Å². The van der Waals surface area contributed by atoms with Gasteiger partial charge in [-0.25, -0.2) is 4.39 Å². The van der Waals surface area contributed by atoms with Gasteiger partial charge in [-0.05, 0) is 31.4 Å². The Kier molecular flexibility index (Phi) is 5.84. The first-order valence-electron chi connectivity index (χ1n) is 9.36. The predicted octanol–water partition coefficient (Wildman–Crippen LogP) is 3.17. The summed E-state index contributed by atoms with van der Waals surface area (Å²) in [5.41, 5.74) is 0.0652. The van der Waals surface area contributed by atoms with Gasteiger partial charge in [-0.1, -0.05) is 31.9 Å². The van der Waals surface area contributed by atoms with Crippen LogP contribution >= 0.6 is 0 Å². The molecule has 3 rings (SSSR count). The van der Waals surface area contributed by atoms with Gasteiger partial charge < -0.3 is 5.32 Å². The van der Waals surface area contributed by atoms with Crippen LogP contribution in [0.4, 0.5) is 4.39 Å². The van der Waals surface area contributed by atoms with Crippen molar-refractivity contribution in [1.29, 1.82) is 0 Å². The molecule has 1 aliphatic heterocycles. The van der Waals surface area contributed by atoms with Gasteiger partial charge >= 0.3 is 0 Å². The zero-order chi connectivity index (χ0) is 17.8. The number of carbonyl (C=O) groups excluding carboxylic acids is 2. The van der Waals surface area contributed by atoms with E-state index in [9.17, 15) is 14.0 Å². The summed E-state index contributed by atoms with van der Waals surface area (Å²) in [6.45, 7) is 3.68. The van der Waals surface area contributed by atoms with Crippen molar-refractivity contribution in [2.24, 2.45) is 5.92 Å². The smallest absolute Gasteiger partial charge is 0.223 e. The number of rotatable bonds is 6. The zero-order valence-electron chi connectivity index (χ0n) is 14.8. The second-order valence-corrected chi connectivity index (χ2v) is 7.44. The molecular weight excluding hydrogens is 319 g/mol. The van der Waals surface area contributed by atoms with E-state index in [1.165, 1.54) is 37.8 Å². The number of nitrogens with zero attached hydrogens (tertiary/aromatic N) is 1. The molecule has 1 heterocycles. The molecule has 0 spiro atoms. The molecule has 0 unspecified atom stereocenters. The predicted molar refractivity (Wildman–Crippen MR) is 94.9 cm³/mol. The SMILES string of the molecule is C[C@@H](CC(=O)c1ccccc1F)C(=O)N[C@H]1CCN(C2CCCC2)C1. The van der Waals surface area contributed by atoms with Crippen LogP contribution in [0.2, 0.25) is 0 Å². The summed E-state index contributed by atoms with van der Waals surface area (Å²) in [4.78, 5) is 27.1. The molecule has 1 N–H and O–H groups in total. The second kappa shape index (κ2) is 8.09. The second-order valence-electron chi connectivity index (χ2n) is 7.44. The van der Waals surface area contributed by atoms with Gasteiger partial charge in [0, 0.05) is 37.5 Å². The maximum Gasteiger partial charge on any atom is 0.223 e. The van der Waals surface area contributed by atoms with Crippen LogP contribution in [0.5, 0.6) is 0 Å². The normalized spacial score (nSPS) is 22.9. The molecule has 1 aliphatic carbocycles. The third-order valence-electron chi connectivity index (χ3n) is 5.52. The van der Waals surface area contributed by atoms with E-state index in [-0.39, 0.29) is 29.7 Å². The molecule has 1 aromatic rings. The molecule has 0 radical (unpaired) electrons. The first kappa shape index (κ1) is 18.1. The van der Waals surface area contributed by atoms with Gasteiger partial charge in [-0.2, -0.15) is 0 Å². The van der Waals surface area contributed by atoms with Crippen molar-refractivity contribution in [3.63, 3.8) is 0 Å². The molecule has 0 bridgehead atoms. The topological polar surface area (TPSA) is 49.4 Å². The lowest BCUT2D eigenvalue weighted by Gasteiger charge is -2.24. The number of hydrogen-bond donors (Lipinski definition) is 1. The molecule has 1 aromatic carbocycles. The minimum Gasteiger partial charge on any atom is -0.352 e. The number of hydrogen-bond acceptors (Lipinski definition) is 3. The van der Waals surface area contributed by atoms with Gasteiger partial charge in [0.25, 0.3) is 0 Å². The molecule has 136 valence electrons. The number of ketones is 1. The molecule has 5 heteroatoms. The van der Waals surface area contributed by atoms with E-state index in [0.717, 1.165) is 19.5 Å². The van der Waals surface area contributed by atoms with Gasteiger partial charge in [-0.3, -0.25) is 14.5 Å². The average Bonchev–Trinajstić information content (AvgIpc) is 3.26. The van der Waals surface area contributed by atoms with E-state index in [1.807, 2.05) is 0 Å². The monoisotopic (exact) mass is 346 g/mol. The minimum absolute atomic E-state index is 0.0336. The summed E-state index contributed by atoms with van der Waals surface area (Å²) >= 11 is 0. The van der Waals surface area contributed by atoms with Crippen LogP contribution < -0.4 is 5.32 Å². The molecule has 2 aliphatic rings. The lowest BCUT2D eigenvalue weighted by molar-refractivity contribution is -0.125. The van der Waals surface area contributed by atoms with Crippen molar-refractivity contribution in [3.8, 4) is 0 Å². The largest absolute Gasteiger partial charge is 0.352 e.